The van der Waals surface area contributed by atoms with Crippen LogP contribution in [-0.4, -0.2) is 45.7 Å². The van der Waals surface area contributed by atoms with Crippen LogP contribution < -0.4 is 16.0 Å². The summed E-state index contributed by atoms with van der Waals surface area (Å²) in [5, 5.41) is 9.07. The van der Waals surface area contributed by atoms with Crippen molar-refractivity contribution in [3.63, 3.8) is 0 Å². The molecule has 0 aliphatic carbocycles. The van der Waals surface area contributed by atoms with Gasteiger partial charge in [-0.05, 0) is 31.0 Å². The second-order valence-electron chi connectivity index (χ2n) is 4.68. The Kier molecular flexibility index (Phi) is 12.4. The molecule has 0 atom stereocenters. The maximum Gasteiger partial charge on any atom is 0.251 e. The molecule has 1 rings (SSSR count). The van der Waals surface area contributed by atoms with E-state index in [1.807, 2.05) is 31.2 Å². The number of nitrogens with zero attached hydrogens (tertiary/aromatic N) is 1. The summed E-state index contributed by atoms with van der Waals surface area (Å²) >= 11 is 0. The van der Waals surface area contributed by atoms with Gasteiger partial charge in [0.1, 0.15) is 0 Å². The van der Waals surface area contributed by atoms with Crippen molar-refractivity contribution < 1.29 is 9.53 Å². The zero-order chi connectivity index (χ0) is 16.2. The highest BCUT2D eigenvalue weighted by atomic mass is 127. The van der Waals surface area contributed by atoms with Crippen molar-refractivity contribution in [3.05, 3.63) is 35.4 Å². The summed E-state index contributed by atoms with van der Waals surface area (Å²) in [6, 6.07) is 7.49. The molecule has 0 radical (unpaired) electrons. The van der Waals surface area contributed by atoms with Gasteiger partial charge in [0, 0.05) is 46.0 Å². The van der Waals surface area contributed by atoms with Crippen LogP contribution in [0.1, 0.15) is 29.3 Å². The monoisotopic (exact) mass is 434 g/mol. The highest BCUT2D eigenvalue weighted by molar-refractivity contribution is 14.0. The normalized spacial score (nSPS) is 10.7. The van der Waals surface area contributed by atoms with E-state index in [4.69, 9.17) is 4.74 Å². The molecular formula is C16H27IN4O2. The van der Waals surface area contributed by atoms with Gasteiger partial charge in [-0.25, -0.2) is 0 Å². The molecule has 0 bridgehead atoms. The van der Waals surface area contributed by atoms with E-state index in [0.29, 0.717) is 12.1 Å². The Morgan fingerprint density at radius 3 is 2.48 bits per heavy atom. The molecule has 0 aromatic heterocycles. The first-order valence-electron chi connectivity index (χ1n) is 7.54. The summed E-state index contributed by atoms with van der Waals surface area (Å²) < 4.78 is 5.29. The molecule has 7 heteroatoms. The van der Waals surface area contributed by atoms with Gasteiger partial charge < -0.3 is 20.7 Å². The van der Waals surface area contributed by atoms with E-state index in [1.54, 1.807) is 14.1 Å². The van der Waals surface area contributed by atoms with E-state index in [1.165, 1.54) is 0 Å². The van der Waals surface area contributed by atoms with Crippen molar-refractivity contribution in [1.82, 2.24) is 16.0 Å². The third-order valence-electron chi connectivity index (χ3n) is 3.09. The number of benzene rings is 1. The molecule has 0 saturated carbocycles. The van der Waals surface area contributed by atoms with E-state index < -0.39 is 0 Å². The molecule has 0 fully saturated rings. The molecule has 3 N–H and O–H groups in total. The fraction of sp³-hybridized carbons (Fsp3) is 0.500. The lowest BCUT2D eigenvalue weighted by Crippen LogP contribution is -2.37. The first-order chi connectivity index (χ1) is 10.7. The van der Waals surface area contributed by atoms with E-state index >= 15 is 0 Å². The minimum atomic E-state index is -0.0775. The quantitative estimate of drug-likeness (QED) is 0.252. The molecule has 0 saturated heterocycles. The topological polar surface area (TPSA) is 74.8 Å². The number of nitrogens with one attached hydrogen (secondary N) is 3. The van der Waals surface area contributed by atoms with Crippen LogP contribution in [0.3, 0.4) is 0 Å². The summed E-state index contributed by atoms with van der Waals surface area (Å²) in [5.41, 5.74) is 1.75. The SMILES string of the molecule is CCOCCCNC(=NC)NCc1ccc(C(=O)NC)cc1.I. The van der Waals surface area contributed by atoms with Crippen LogP contribution in [-0.2, 0) is 11.3 Å². The molecule has 1 aromatic rings. The number of amides is 1. The Morgan fingerprint density at radius 1 is 1.22 bits per heavy atom. The van der Waals surface area contributed by atoms with Gasteiger partial charge in [0.05, 0.1) is 0 Å². The zero-order valence-electron chi connectivity index (χ0n) is 14.0. The average molecular weight is 434 g/mol. The fourth-order valence-electron chi connectivity index (χ4n) is 1.85. The summed E-state index contributed by atoms with van der Waals surface area (Å²) in [4.78, 5) is 15.6. The highest BCUT2D eigenvalue weighted by Gasteiger charge is 2.03. The third kappa shape index (κ3) is 8.75. The van der Waals surface area contributed by atoms with E-state index in [2.05, 4.69) is 20.9 Å². The molecule has 23 heavy (non-hydrogen) atoms. The largest absolute Gasteiger partial charge is 0.382 e. The van der Waals surface area contributed by atoms with Gasteiger partial charge in [-0.1, -0.05) is 12.1 Å². The van der Waals surface area contributed by atoms with Crippen molar-refractivity contribution in [2.24, 2.45) is 4.99 Å². The van der Waals surface area contributed by atoms with Crippen LogP contribution in [0.15, 0.2) is 29.3 Å². The van der Waals surface area contributed by atoms with Gasteiger partial charge in [0.15, 0.2) is 5.96 Å². The van der Waals surface area contributed by atoms with Gasteiger partial charge in [0.2, 0.25) is 0 Å². The number of hydrogen-bond donors (Lipinski definition) is 3. The Labute approximate surface area is 155 Å². The minimum absolute atomic E-state index is 0. The highest BCUT2D eigenvalue weighted by Crippen LogP contribution is 2.04. The predicted molar refractivity (Wildman–Crippen MR) is 105 cm³/mol. The van der Waals surface area contributed by atoms with Crippen molar-refractivity contribution >= 4 is 35.8 Å². The fourth-order valence-corrected chi connectivity index (χ4v) is 1.85. The molecule has 0 unspecified atom stereocenters. The lowest BCUT2D eigenvalue weighted by atomic mass is 10.1. The lowest BCUT2D eigenvalue weighted by Gasteiger charge is -2.12. The second kappa shape index (κ2) is 13.1. The number of aliphatic imine (C=N–C) groups is 1. The number of rotatable bonds is 8. The number of hydrogen-bond acceptors (Lipinski definition) is 3. The number of ether oxygens (including phenoxy) is 1. The number of halogens is 1. The molecule has 130 valence electrons. The van der Waals surface area contributed by atoms with Crippen molar-refractivity contribution in [1.29, 1.82) is 0 Å². The van der Waals surface area contributed by atoms with Crippen molar-refractivity contribution in [2.45, 2.75) is 19.9 Å². The van der Waals surface area contributed by atoms with Crippen LogP contribution >= 0.6 is 24.0 Å². The maximum atomic E-state index is 11.5. The van der Waals surface area contributed by atoms with Gasteiger partial charge in [-0.2, -0.15) is 0 Å². The van der Waals surface area contributed by atoms with Gasteiger partial charge in [-0.15, -0.1) is 24.0 Å². The Morgan fingerprint density at radius 2 is 1.91 bits per heavy atom. The molecule has 0 spiro atoms. The second-order valence-corrected chi connectivity index (χ2v) is 4.68. The van der Waals surface area contributed by atoms with Gasteiger partial charge in [-0.3, -0.25) is 9.79 Å². The summed E-state index contributed by atoms with van der Waals surface area (Å²) in [5.74, 6) is 0.679. The number of guanidine groups is 1. The van der Waals surface area contributed by atoms with Crippen LogP contribution in [0.25, 0.3) is 0 Å². The van der Waals surface area contributed by atoms with Crippen LogP contribution in [0.5, 0.6) is 0 Å². The standard InChI is InChI=1S/C16H26N4O2.HI/c1-4-22-11-5-10-19-16(18-3)20-12-13-6-8-14(9-7-13)15(21)17-2;/h6-9H,4-5,10-12H2,1-3H3,(H,17,21)(H2,18,19,20);1H. The van der Waals surface area contributed by atoms with Gasteiger partial charge in [0.25, 0.3) is 5.91 Å². The molecule has 0 heterocycles. The molecule has 1 amide bonds. The Hall–Kier alpha value is -1.35. The average Bonchev–Trinajstić information content (AvgIpc) is 2.57. The van der Waals surface area contributed by atoms with E-state index in [9.17, 15) is 4.79 Å². The summed E-state index contributed by atoms with van der Waals surface area (Å²) in [6.07, 6.45) is 0.940. The first kappa shape index (κ1) is 21.6. The van der Waals surface area contributed by atoms with Crippen LogP contribution in [0.2, 0.25) is 0 Å². The smallest absolute Gasteiger partial charge is 0.251 e. The molecular weight excluding hydrogens is 407 g/mol. The zero-order valence-corrected chi connectivity index (χ0v) is 16.3. The molecule has 6 nitrogen and oxygen atoms in total. The Balaban J connectivity index is 0.00000484. The summed E-state index contributed by atoms with van der Waals surface area (Å²) in [6.45, 7) is 4.96. The number of carbonyl (C=O) groups excluding carboxylic acids is 1. The van der Waals surface area contributed by atoms with Crippen LogP contribution in [0, 0.1) is 0 Å². The minimum Gasteiger partial charge on any atom is -0.382 e. The van der Waals surface area contributed by atoms with E-state index in [-0.39, 0.29) is 29.9 Å². The number of carbonyl (C=O) groups is 1. The van der Waals surface area contributed by atoms with Gasteiger partial charge >= 0.3 is 0 Å². The first-order valence-corrected chi connectivity index (χ1v) is 7.54. The predicted octanol–water partition coefficient (Wildman–Crippen LogP) is 1.76. The van der Waals surface area contributed by atoms with Crippen molar-refractivity contribution in [2.75, 3.05) is 33.9 Å². The summed E-state index contributed by atoms with van der Waals surface area (Å²) in [7, 11) is 3.37. The molecule has 1 aromatic carbocycles. The molecule has 0 aliphatic rings. The van der Waals surface area contributed by atoms with Crippen molar-refractivity contribution in [3.8, 4) is 0 Å². The van der Waals surface area contributed by atoms with E-state index in [0.717, 1.165) is 37.7 Å². The van der Waals surface area contributed by atoms with Crippen LogP contribution in [0.4, 0.5) is 0 Å². The third-order valence-corrected chi connectivity index (χ3v) is 3.09. The maximum absolute atomic E-state index is 11.5. The lowest BCUT2D eigenvalue weighted by molar-refractivity contribution is 0.0963. The molecule has 0 aliphatic heterocycles. The Bertz CT molecular complexity index is 477.